The smallest absolute Gasteiger partial charge is 0.0607 e. The molecule has 3 heteroatoms. The first kappa shape index (κ1) is 12.5. The molecule has 1 heterocycles. The average molecular weight is 233 g/mol. The first-order valence-electron chi connectivity index (χ1n) is 6.61. The zero-order chi connectivity index (χ0) is 12.1. The Kier molecular flexibility index (Phi) is 4.51. The molecule has 0 bridgehead atoms. The summed E-state index contributed by atoms with van der Waals surface area (Å²) < 4.78 is 0. The van der Waals surface area contributed by atoms with Crippen molar-refractivity contribution in [1.29, 1.82) is 0 Å². The first-order chi connectivity index (χ1) is 8.33. The van der Waals surface area contributed by atoms with Crippen LogP contribution in [-0.4, -0.2) is 37.1 Å². The van der Waals surface area contributed by atoms with Gasteiger partial charge in [0.1, 0.15) is 0 Å². The van der Waals surface area contributed by atoms with Crippen LogP contribution in [0.1, 0.15) is 36.6 Å². The summed E-state index contributed by atoms with van der Waals surface area (Å²) in [5, 5.41) is 3.20. The number of hydrogen-bond donors (Lipinski definition) is 1. The van der Waals surface area contributed by atoms with Crippen LogP contribution in [0, 0.1) is 0 Å². The van der Waals surface area contributed by atoms with E-state index in [1.54, 1.807) is 0 Å². The van der Waals surface area contributed by atoms with Gasteiger partial charge in [-0.1, -0.05) is 6.07 Å². The Morgan fingerprint density at radius 3 is 3.24 bits per heavy atom. The lowest BCUT2D eigenvalue weighted by molar-refractivity contribution is 0.214. The maximum atomic E-state index is 4.59. The normalized spacial score (nSPS) is 19.4. The molecule has 1 aromatic heterocycles. The number of rotatable bonds is 5. The van der Waals surface area contributed by atoms with E-state index in [0.717, 1.165) is 13.1 Å². The van der Waals surface area contributed by atoms with Crippen LogP contribution in [0.3, 0.4) is 0 Å². The SMILES string of the molecule is CNCCCN(C)C1CCCc2cccnc21. The second kappa shape index (κ2) is 6.12. The minimum absolute atomic E-state index is 0.525. The summed E-state index contributed by atoms with van der Waals surface area (Å²) in [6.07, 6.45) is 6.87. The van der Waals surface area contributed by atoms with Gasteiger partial charge in [-0.15, -0.1) is 0 Å². The summed E-state index contributed by atoms with van der Waals surface area (Å²) in [7, 11) is 4.24. The lowest BCUT2D eigenvalue weighted by Crippen LogP contribution is -2.30. The Morgan fingerprint density at radius 1 is 1.53 bits per heavy atom. The van der Waals surface area contributed by atoms with Gasteiger partial charge in [0.2, 0.25) is 0 Å². The standard InChI is InChI=1S/C14H23N3/c1-15-9-5-11-17(2)13-8-3-6-12-7-4-10-16-14(12)13/h4,7,10,13,15H,3,5-6,8-9,11H2,1-2H3. The summed E-state index contributed by atoms with van der Waals surface area (Å²) >= 11 is 0. The van der Waals surface area contributed by atoms with Gasteiger partial charge in [0.15, 0.2) is 0 Å². The highest BCUT2D eigenvalue weighted by Gasteiger charge is 2.24. The summed E-state index contributed by atoms with van der Waals surface area (Å²) in [6.45, 7) is 2.23. The third-order valence-corrected chi connectivity index (χ3v) is 3.64. The zero-order valence-electron chi connectivity index (χ0n) is 10.9. The van der Waals surface area contributed by atoms with Gasteiger partial charge in [-0.3, -0.25) is 9.88 Å². The summed E-state index contributed by atoms with van der Waals surface area (Å²) in [6, 6.07) is 4.81. The molecule has 3 nitrogen and oxygen atoms in total. The van der Waals surface area contributed by atoms with Crippen molar-refractivity contribution in [2.75, 3.05) is 27.2 Å². The van der Waals surface area contributed by atoms with E-state index >= 15 is 0 Å². The average Bonchev–Trinajstić information content (AvgIpc) is 2.38. The Hall–Kier alpha value is -0.930. The molecule has 1 aliphatic rings. The van der Waals surface area contributed by atoms with E-state index in [-0.39, 0.29) is 0 Å². The van der Waals surface area contributed by atoms with Gasteiger partial charge in [0, 0.05) is 6.20 Å². The van der Waals surface area contributed by atoms with Crippen LogP contribution < -0.4 is 5.32 Å². The molecular weight excluding hydrogens is 210 g/mol. The second-order valence-corrected chi connectivity index (χ2v) is 4.89. The van der Waals surface area contributed by atoms with Crippen molar-refractivity contribution in [3.8, 4) is 0 Å². The molecule has 0 radical (unpaired) electrons. The van der Waals surface area contributed by atoms with Crippen molar-refractivity contribution in [2.24, 2.45) is 0 Å². The Labute approximate surface area is 104 Å². The van der Waals surface area contributed by atoms with Crippen LogP contribution in [-0.2, 0) is 6.42 Å². The number of fused-ring (bicyclic) bond motifs is 1. The van der Waals surface area contributed by atoms with E-state index < -0.39 is 0 Å². The Morgan fingerprint density at radius 2 is 2.41 bits per heavy atom. The number of aryl methyl sites for hydroxylation is 1. The highest BCUT2D eigenvalue weighted by molar-refractivity contribution is 5.25. The molecule has 0 amide bonds. The molecule has 1 atom stereocenters. The summed E-state index contributed by atoms with van der Waals surface area (Å²) in [5.41, 5.74) is 2.76. The molecule has 0 aromatic carbocycles. The Bertz CT molecular complexity index is 351. The van der Waals surface area contributed by atoms with Gasteiger partial charge in [0.05, 0.1) is 11.7 Å². The Balaban J connectivity index is 2.02. The fourth-order valence-electron chi connectivity index (χ4n) is 2.68. The van der Waals surface area contributed by atoms with Gasteiger partial charge in [0.25, 0.3) is 0 Å². The number of nitrogens with one attached hydrogen (secondary N) is 1. The molecule has 1 unspecified atom stereocenters. The number of hydrogen-bond acceptors (Lipinski definition) is 3. The van der Waals surface area contributed by atoms with Gasteiger partial charge in [-0.25, -0.2) is 0 Å². The van der Waals surface area contributed by atoms with Crippen molar-refractivity contribution in [3.63, 3.8) is 0 Å². The molecule has 94 valence electrons. The monoisotopic (exact) mass is 233 g/mol. The topological polar surface area (TPSA) is 28.2 Å². The highest BCUT2D eigenvalue weighted by Crippen LogP contribution is 2.31. The molecule has 17 heavy (non-hydrogen) atoms. The predicted octanol–water partition coefficient (Wildman–Crippen LogP) is 2.00. The molecule has 1 aromatic rings. The molecule has 0 aliphatic heterocycles. The van der Waals surface area contributed by atoms with Crippen LogP contribution in [0.4, 0.5) is 0 Å². The molecule has 2 rings (SSSR count). The van der Waals surface area contributed by atoms with Gasteiger partial charge >= 0.3 is 0 Å². The van der Waals surface area contributed by atoms with Crippen molar-refractivity contribution in [2.45, 2.75) is 31.7 Å². The number of nitrogens with zero attached hydrogens (tertiary/aromatic N) is 2. The van der Waals surface area contributed by atoms with Crippen molar-refractivity contribution < 1.29 is 0 Å². The van der Waals surface area contributed by atoms with Crippen LogP contribution in [0.2, 0.25) is 0 Å². The highest BCUT2D eigenvalue weighted by atomic mass is 15.1. The van der Waals surface area contributed by atoms with E-state index in [1.165, 1.54) is 36.9 Å². The van der Waals surface area contributed by atoms with E-state index in [2.05, 4.69) is 34.4 Å². The summed E-state index contributed by atoms with van der Waals surface area (Å²) in [5.74, 6) is 0. The third-order valence-electron chi connectivity index (χ3n) is 3.64. The van der Waals surface area contributed by atoms with Crippen LogP contribution in [0.25, 0.3) is 0 Å². The van der Waals surface area contributed by atoms with E-state index in [9.17, 15) is 0 Å². The largest absolute Gasteiger partial charge is 0.320 e. The van der Waals surface area contributed by atoms with Crippen molar-refractivity contribution in [1.82, 2.24) is 15.2 Å². The van der Waals surface area contributed by atoms with Crippen LogP contribution >= 0.6 is 0 Å². The molecule has 0 saturated heterocycles. The summed E-state index contributed by atoms with van der Waals surface area (Å²) in [4.78, 5) is 7.05. The molecule has 0 fully saturated rings. The minimum Gasteiger partial charge on any atom is -0.320 e. The quantitative estimate of drug-likeness (QED) is 0.788. The molecular formula is C14H23N3. The van der Waals surface area contributed by atoms with Gasteiger partial charge in [-0.05, 0) is 64.5 Å². The van der Waals surface area contributed by atoms with E-state index in [0.29, 0.717) is 6.04 Å². The fourth-order valence-corrected chi connectivity index (χ4v) is 2.68. The zero-order valence-corrected chi connectivity index (χ0v) is 10.9. The van der Waals surface area contributed by atoms with Crippen molar-refractivity contribution >= 4 is 0 Å². The molecule has 1 N–H and O–H groups in total. The van der Waals surface area contributed by atoms with E-state index in [4.69, 9.17) is 0 Å². The minimum atomic E-state index is 0.525. The molecule has 0 saturated carbocycles. The predicted molar refractivity (Wildman–Crippen MR) is 71.1 cm³/mol. The maximum absolute atomic E-state index is 4.59. The number of pyridine rings is 1. The second-order valence-electron chi connectivity index (χ2n) is 4.89. The van der Waals surface area contributed by atoms with Gasteiger partial charge in [-0.2, -0.15) is 0 Å². The molecule has 0 spiro atoms. The number of aromatic nitrogens is 1. The maximum Gasteiger partial charge on any atom is 0.0607 e. The fraction of sp³-hybridized carbons (Fsp3) is 0.643. The lowest BCUT2D eigenvalue weighted by Gasteiger charge is -2.32. The van der Waals surface area contributed by atoms with Crippen LogP contribution in [0.15, 0.2) is 18.3 Å². The third kappa shape index (κ3) is 3.05. The van der Waals surface area contributed by atoms with Crippen molar-refractivity contribution in [3.05, 3.63) is 29.6 Å². The lowest BCUT2D eigenvalue weighted by atomic mass is 9.91. The van der Waals surface area contributed by atoms with Crippen LogP contribution in [0.5, 0.6) is 0 Å². The first-order valence-corrected chi connectivity index (χ1v) is 6.61. The van der Waals surface area contributed by atoms with Gasteiger partial charge < -0.3 is 5.32 Å². The van der Waals surface area contributed by atoms with E-state index in [1.807, 2.05) is 13.2 Å². The molecule has 1 aliphatic carbocycles.